The Morgan fingerprint density at radius 2 is 1.71 bits per heavy atom. The molecule has 0 bridgehead atoms. The van der Waals surface area contributed by atoms with Gasteiger partial charge in [0.15, 0.2) is 0 Å². The van der Waals surface area contributed by atoms with E-state index in [1.165, 1.54) is 0 Å². The van der Waals surface area contributed by atoms with E-state index in [1.807, 2.05) is 23.6 Å². The number of carbonyl (C=O) groups is 2. The Balaban J connectivity index is 1.28. The first-order valence-corrected chi connectivity index (χ1v) is 11.7. The highest BCUT2D eigenvalue weighted by Gasteiger charge is 2.48. The maximum atomic E-state index is 13.2. The summed E-state index contributed by atoms with van der Waals surface area (Å²) in [6.45, 7) is 9.96. The fourth-order valence-electron chi connectivity index (χ4n) is 5.62. The molecular formula is C23H37N5O3. The molecule has 3 aliphatic rings. The second kappa shape index (κ2) is 8.90. The fourth-order valence-corrected chi connectivity index (χ4v) is 5.62. The first-order chi connectivity index (χ1) is 14.8. The molecule has 4 rings (SSSR count). The van der Waals surface area contributed by atoms with Gasteiger partial charge < -0.3 is 19.2 Å². The summed E-state index contributed by atoms with van der Waals surface area (Å²) in [4.78, 5) is 34.5. The van der Waals surface area contributed by atoms with E-state index in [4.69, 9.17) is 4.52 Å². The highest BCUT2D eigenvalue weighted by atomic mass is 16.5. The van der Waals surface area contributed by atoms with Crippen molar-refractivity contribution in [3.63, 3.8) is 0 Å². The Kier molecular flexibility index (Phi) is 6.40. The van der Waals surface area contributed by atoms with Gasteiger partial charge in [-0.25, -0.2) is 0 Å². The summed E-state index contributed by atoms with van der Waals surface area (Å²) in [6, 6.07) is -0.00907. The van der Waals surface area contributed by atoms with Crippen molar-refractivity contribution < 1.29 is 14.1 Å². The van der Waals surface area contributed by atoms with Gasteiger partial charge >= 0.3 is 0 Å². The van der Waals surface area contributed by atoms with E-state index in [0.29, 0.717) is 18.7 Å². The number of hydrogen-bond acceptors (Lipinski definition) is 6. The smallest absolute Gasteiger partial charge is 0.240 e. The minimum Gasteiger partial charge on any atom is -0.361 e. The molecule has 1 spiro atoms. The lowest BCUT2D eigenvalue weighted by Crippen LogP contribution is -2.52. The molecule has 0 aromatic carbocycles. The Morgan fingerprint density at radius 3 is 2.32 bits per heavy atom. The van der Waals surface area contributed by atoms with Crippen LogP contribution in [0.3, 0.4) is 0 Å². The monoisotopic (exact) mass is 431 g/mol. The molecule has 31 heavy (non-hydrogen) atoms. The molecule has 3 saturated heterocycles. The van der Waals surface area contributed by atoms with Crippen LogP contribution in [0.4, 0.5) is 0 Å². The molecule has 0 saturated carbocycles. The van der Waals surface area contributed by atoms with E-state index in [0.717, 1.165) is 82.1 Å². The Labute approximate surface area is 185 Å². The molecule has 8 heteroatoms. The van der Waals surface area contributed by atoms with Crippen LogP contribution in [0.5, 0.6) is 0 Å². The summed E-state index contributed by atoms with van der Waals surface area (Å²) in [5.74, 6) is 1.32. The molecule has 1 unspecified atom stereocenters. The van der Waals surface area contributed by atoms with Gasteiger partial charge in [-0.15, -0.1) is 0 Å². The second-order valence-electron chi connectivity index (χ2n) is 9.95. The van der Waals surface area contributed by atoms with Crippen LogP contribution in [0.15, 0.2) is 4.52 Å². The SMILES string of the molecule is Cc1noc(C)c1CCC(=O)N1CCC2(CC1)CC(C(=O)N1CCN(C)CC1)N(C)C2. The largest absolute Gasteiger partial charge is 0.361 e. The third kappa shape index (κ3) is 4.65. The Morgan fingerprint density at radius 1 is 1.03 bits per heavy atom. The summed E-state index contributed by atoms with van der Waals surface area (Å²) >= 11 is 0. The van der Waals surface area contributed by atoms with Crippen LogP contribution in [0.1, 0.15) is 42.7 Å². The third-order valence-corrected chi connectivity index (χ3v) is 7.79. The fraction of sp³-hybridized carbons (Fsp3) is 0.783. The number of piperidine rings is 1. The third-order valence-electron chi connectivity index (χ3n) is 7.79. The molecular weight excluding hydrogens is 394 g/mol. The topological polar surface area (TPSA) is 73.1 Å². The number of piperazine rings is 1. The molecule has 2 amide bonds. The van der Waals surface area contributed by atoms with Crippen LogP contribution in [0, 0.1) is 19.3 Å². The van der Waals surface area contributed by atoms with E-state index < -0.39 is 0 Å². The van der Waals surface area contributed by atoms with Gasteiger partial charge in [0.1, 0.15) is 5.76 Å². The van der Waals surface area contributed by atoms with Gasteiger partial charge in [-0.3, -0.25) is 14.5 Å². The zero-order valence-electron chi connectivity index (χ0n) is 19.5. The lowest BCUT2D eigenvalue weighted by Gasteiger charge is -2.39. The molecule has 0 N–H and O–H groups in total. The predicted octanol–water partition coefficient (Wildman–Crippen LogP) is 1.31. The van der Waals surface area contributed by atoms with Crippen molar-refractivity contribution in [1.29, 1.82) is 0 Å². The van der Waals surface area contributed by atoms with Gasteiger partial charge in [0.25, 0.3) is 0 Å². The van der Waals surface area contributed by atoms with E-state index in [2.05, 4.69) is 29.1 Å². The first-order valence-electron chi connectivity index (χ1n) is 11.7. The number of aryl methyl sites for hydroxylation is 2. The van der Waals surface area contributed by atoms with Gasteiger partial charge in [-0.1, -0.05) is 5.16 Å². The van der Waals surface area contributed by atoms with Crippen LogP contribution < -0.4 is 0 Å². The zero-order chi connectivity index (χ0) is 22.2. The van der Waals surface area contributed by atoms with Crippen LogP contribution in [0.2, 0.25) is 0 Å². The van der Waals surface area contributed by atoms with Gasteiger partial charge in [0.05, 0.1) is 11.7 Å². The zero-order valence-corrected chi connectivity index (χ0v) is 19.5. The molecule has 0 aliphatic carbocycles. The average molecular weight is 432 g/mol. The van der Waals surface area contributed by atoms with Gasteiger partial charge in [0.2, 0.25) is 11.8 Å². The Hall–Kier alpha value is -1.93. The molecule has 3 aliphatic heterocycles. The second-order valence-corrected chi connectivity index (χ2v) is 9.95. The van der Waals surface area contributed by atoms with Gasteiger partial charge in [-0.2, -0.15) is 0 Å². The molecule has 3 fully saturated rings. The van der Waals surface area contributed by atoms with E-state index >= 15 is 0 Å². The van der Waals surface area contributed by atoms with Crippen molar-refractivity contribution in [3.8, 4) is 0 Å². The first kappa shape index (κ1) is 22.3. The number of rotatable bonds is 4. The van der Waals surface area contributed by atoms with Crippen molar-refractivity contribution >= 4 is 11.8 Å². The number of carbonyl (C=O) groups excluding carboxylic acids is 2. The van der Waals surface area contributed by atoms with Crippen molar-refractivity contribution in [2.24, 2.45) is 5.41 Å². The number of amides is 2. The number of likely N-dealkylation sites (N-methyl/N-ethyl adjacent to an activating group) is 2. The number of aromatic nitrogens is 1. The minimum absolute atomic E-state index is 0.00907. The minimum atomic E-state index is -0.00907. The van der Waals surface area contributed by atoms with Crippen molar-refractivity contribution in [1.82, 2.24) is 24.8 Å². The van der Waals surface area contributed by atoms with Crippen LogP contribution >= 0.6 is 0 Å². The number of likely N-dealkylation sites (tertiary alicyclic amines) is 2. The Bertz CT molecular complexity index is 787. The van der Waals surface area contributed by atoms with E-state index in [9.17, 15) is 9.59 Å². The summed E-state index contributed by atoms with van der Waals surface area (Å²) in [7, 11) is 4.20. The van der Waals surface area contributed by atoms with Crippen LogP contribution in [-0.2, 0) is 16.0 Å². The predicted molar refractivity (Wildman–Crippen MR) is 118 cm³/mol. The molecule has 1 aromatic heterocycles. The molecule has 4 heterocycles. The van der Waals surface area contributed by atoms with Gasteiger partial charge in [-0.05, 0) is 59.0 Å². The standard InChI is InChI=1S/C23H37N5O3/c1-17-19(18(2)31-24-17)5-6-21(29)27-9-7-23(8-10-27)15-20(26(4)16-23)22(30)28-13-11-25(3)12-14-28/h20H,5-16H2,1-4H3. The molecule has 1 aromatic rings. The lowest BCUT2D eigenvalue weighted by atomic mass is 9.76. The summed E-state index contributed by atoms with van der Waals surface area (Å²) in [6.07, 6.45) is 4.09. The van der Waals surface area contributed by atoms with Crippen molar-refractivity contribution in [2.75, 3.05) is 59.9 Å². The maximum absolute atomic E-state index is 13.2. The van der Waals surface area contributed by atoms with Crippen LogP contribution in [-0.4, -0.2) is 103 Å². The normalized spacial score (nSPS) is 24.8. The van der Waals surface area contributed by atoms with Crippen LogP contribution in [0.25, 0.3) is 0 Å². The molecule has 172 valence electrons. The lowest BCUT2D eigenvalue weighted by molar-refractivity contribution is -0.137. The number of nitrogens with zero attached hydrogens (tertiary/aromatic N) is 5. The number of hydrogen-bond donors (Lipinski definition) is 0. The van der Waals surface area contributed by atoms with Crippen molar-refractivity contribution in [2.45, 2.75) is 52.0 Å². The average Bonchev–Trinajstić information content (AvgIpc) is 3.25. The quantitative estimate of drug-likeness (QED) is 0.716. The van der Waals surface area contributed by atoms with Gasteiger partial charge in [0, 0.05) is 57.8 Å². The summed E-state index contributed by atoms with van der Waals surface area (Å²) in [5.41, 5.74) is 2.11. The molecule has 1 atom stereocenters. The van der Waals surface area contributed by atoms with E-state index in [-0.39, 0.29) is 17.4 Å². The molecule has 0 radical (unpaired) electrons. The summed E-state index contributed by atoms with van der Waals surface area (Å²) < 4.78 is 5.21. The van der Waals surface area contributed by atoms with Crippen molar-refractivity contribution in [3.05, 3.63) is 17.0 Å². The highest BCUT2D eigenvalue weighted by molar-refractivity contribution is 5.82. The maximum Gasteiger partial charge on any atom is 0.240 e. The molecule has 8 nitrogen and oxygen atoms in total. The van der Waals surface area contributed by atoms with E-state index in [1.54, 1.807) is 0 Å². The summed E-state index contributed by atoms with van der Waals surface area (Å²) in [5, 5.41) is 3.98. The highest BCUT2D eigenvalue weighted by Crippen LogP contribution is 2.43.